The lowest BCUT2D eigenvalue weighted by Gasteiger charge is -2.11. The minimum atomic E-state index is -0.424. The number of carbonyl (C=O) groups is 8. The highest BCUT2D eigenvalue weighted by molar-refractivity contribution is 6.36. The molecule has 0 atom stereocenters. The van der Waals surface area contributed by atoms with Crippen LogP contribution in [0, 0.1) is 6.92 Å². The van der Waals surface area contributed by atoms with E-state index in [1.165, 1.54) is 68.3 Å². The van der Waals surface area contributed by atoms with Gasteiger partial charge in [0.05, 0.1) is 114 Å². The number of rotatable bonds is 24. The van der Waals surface area contributed by atoms with Gasteiger partial charge in [-0.05, 0) is 219 Å². The van der Waals surface area contributed by atoms with Gasteiger partial charge in [0, 0.05) is 118 Å². The van der Waals surface area contributed by atoms with Crippen LogP contribution in [-0.2, 0) is 19.6 Å². The quantitative estimate of drug-likeness (QED) is 0.0278. The number of nitrogens with zero attached hydrogens (tertiary/aromatic N) is 10. The Bertz CT molecular complexity index is 6530. The van der Waals surface area contributed by atoms with Crippen molar-refractivity contribution in [1.82, 2.24) is 65.8 Å². The molecule has 0 saturated carbocycles. The van der Waals surface area contributed by atoms with Gasteiger partial charge in [0.1, 0.15) is 17.1 Å². The second-order valence-corrected chi connectivity index (χ2v) is 30.2. The average Bonchev–Trinajstić information content (AvgIpc) is 0.831. The molecule has 0 aliphatic heterocycles. The maximum absolute atomic E-state index is 12.8. The van der Waals surface area contributed by atoms with Crippen LogP contribution in [0.4, 0.5) is 28.4 Å². The number of pyridine rings is 10. The van der Waals surface area contributed by atoms with Crippen molar-refractivity contribution in [3.05, 3.63) is 427 Å². The van der Waals surface area contributed by atoms with Crippen LogP contribution in [0.25, 0.3) is 45.0 Å². The van der Waals surface area contributed by atoms with E-state index in [0.29, 0.717) is 135 Å². The highest BCUT2D eigenvalue weighted by Gasteiger charge is 2.21. The van der Waals surface area contributed by atoms with Crippen LogP contribution in [0.3, 0.4) is 0 Å². The molecular formula is C99H75Cl5N18O9. The van der Waals surface area contributed by atoms with Crippen LogP contribution >= 0.6 is 58.0 Å². The van der Waals surface area contributed by atoms with Gasteiger partial charge in [0.2, 0.25) is 5.88 Å². The van der Waals surface area contributed by atoms with Crippen molar-refractivity contribution in [3.8, 4) is 50.9 Å². The molecular weight excluding hydrogens is 1760 g/mol. The lowest BCUT2D eigenvalue weighted by molar-refractivity contribution is 0.0937. The molecule has 0 bridgehead atoms. The van der Waals surface area contributed by atoms with Crippen molar-refractivity contribution in [3.63, 3.8) is 0 Å². The Morgan fingerprint density at radius 2 is 0.656 bits per heavy atom. The van der Waals surface area contributed by atoms with Gasteiger partial charge in [-0.3, -0.25) is 83.2 Å². The predicted molar refractivity (Wildman–Crippen MR) is 507 cm³/mol. The summed E-state index contributed by atoms with van der Waals surface area (Å²) in [5.41, 5.74) is 13.9. The molecule has 10 aromatic heterocycles. The standard InChI is InChI=1S/C26H20Cl2N4O2.C25H19ClN4O2.C24H18ClN5O3.C24H18ClN5O2/c1-16-5-4-6-19(31-16)15-30-25(33)17-8-10-20(23(28)13-17)26(34)32-18-9-11-22(27)21(14-18)24-7-2-3-12-29-24;26-21-11-10-19(14-20(21)22-8-4-5-13-27-22)30-24(31)18-9-12-23(28-16-18)25(32)29-15-17-6-2-1-3-7-17;1-33-22-10-7-17(14-28-22)30-24(32)21-9-5-15(13-27-21)23(31)29-16-6-8-19(25)18(12-16)20-4-2-3-11-26-20;25-20-9-8-17(13-19(20)21-6-2-4-12-27-21)30-23(31)16-7-10-22(28-14-16)24(32)29-15-18-5-1-3-11-26-18/h2-14H,15H2,1H3,(H,30,33)(H,32,34);1-14,16H,15H2,(H,29,32)(H,30,31);2-14H,1H3,(H,29,31)(H,30,32);1-14H,15H2,(H,29,32)(H,30,31). The van der Waals surface area contributed by atoms with Crippen molar-refractivity contribution in [2.24, 2.45) is 0 Å². The van der Waals surface area contributed by atoms with E-state index >= 15 is 0 Å². The maximum atomic E-state index is 12.8. The molecule has 0 aliphatic carbocycles. The van der Waals surface area contributed by atoms with Crippen molar-refractivity contribution in [2.75, 3.05) is 33.7 Å². The predicted octanol–water partition coefficient (Wildman–Crippen LogP) is 20.0. The number of aryl methyl sites for hydroxylation is 1. The number of carbonyl (C=O) groups excluding carboxylic acids is 8. The van der Waals surface area contributed by atoms with E-state index in [1.54, 1.807) is 140 Å². The van der Waals surface area contributed by atoms with Gasteiger partial charge < -0.3 is 47.3 Å². The number of hydrogen-bond donors (Lipinski definition) is 8. The fourth-order valence-electron chi connectivity index (χ4n) is 12.3. The maximum Gasteiger partial charge on any atom is 0.274 e. The molecule has 0 saturated heterocycles. The normalized spacial score (nSPS) is 10.4. The van der Waals surface area contributed by atoms with E-state index < -0.39 is 11.8 Å². The summed E-state index contributed by atoms with van der Waals surface area (Å²) >= 11 is 31.5. The number of methoxy groups -OCH3 is 1. The molecule has 0 radical (unpaired) electrons. The monoisotopic (exact) mass is 1830 g/mol. The van der Waals surface area contributed by atoms with Crippen LogP contribution < -0.4 is 47.3 Å². The third-order valence-corrected chi connectivity index (χ3v) is 20.6. The number of ether oxygens (including phenoxy) is 1. The number of halogens is 5. The minimum Gasteiger partial charge on any atom is -0.481 e. The van der Waals surface area contributed by atoms with Gasteiger partial charge in [-0.25, -0.2) is 4.98 Å². The first-order chi connectivity index (χ1) is 63.6. The zero-order valence-corrected chi connectivity index (χ0v) is 73.2. The Hall–Kier alpha value is -16.2. The average molecular weight is 1840 g/mol. The van der Waals surface area contributed by atoms with Gasteiger partial charge >= 0.3 is 0 Å². The number of benzene rings is 6. The Labute approximate surface area is 776 Å². The molecule has 8 N–H and O–H groups in total. The molecule has 0 spiro atoms. The summed E-state index contributed by atoms with van der Waals surface area (Å²) in [7, 11) is 1.51. The molecule has 0 fully saturated rings. The Morgan fingerprint density at radius 3 is 1.04 bits per heavy atom. The molecule has 0 unspecified atom stereocenters. The molecule has 16 aromatic rings. The lowest BCUT2D eigenvalue weighted by Crippen LogP contribution is -2.24. The zero-order valence-electron chi connectivity index (χ0n) is 69.4. The summed E-state index contributed by atoms with van der Waals surface area (Å²) in [6, 6.07) is 80.4. The number of aromatic nitrogens is 10. The van der Waals surface area contributed by atoms with Crippen LogP contribution in [0.5, 0.6) is 5.88 Å². The fourth-order valence-corrected chi connectivity index (χ4v) is 13.4. The smallest absolute Gasteiger partial charge is 0.274 e. The summed E-state index contributed by atoms with van der Waals surface area (Å²) in [6.07, 6.45) is 13.9. The van der Waals surface area contributed by atoms with Crippen LogP contribution in [-0.4, -0.2) is 104 Å². The molecule has 8 amide bonds. The van der Waals surface area contributed by atoms with Crippen LogP contribution in [0.2, 0.25) is 25.1 Å². The highest BCUT2D eigenvalue weighted by atomic mass is 35.5. The zero-order chi connectivity index (χ0) is 92.0. The number of anilines is 5. The van der Waals surface area contributed by atoms with E-state index in [1.807, 2.05) is 140 Å². The lowest BCUT2D eigenvalue weighted by atomic mass is 10.1. The van der Waals surface area contributed by atoms with Crippen molar-refractivity contribution < 1.29 is 43.1 Å². The first-order valence-corrected chi connectivity index (χ1v) is 41.8. The van der Waals surface area contributed by atoms with Crippen molar-refractivity contribution in [1.29, 1.82) is 0 Å². The third kappa shape index (κ3) is 26.5. The summed E-state index contributed by atoms with van der Waals surface area (Å²) in [5.74, 6) is -2.43. The number of hydrogen-bond acceptors (Lipinski definition) is 19. The molecule has 10 heterocycles. The Balaban J connectivity index is 0.000000149. The first kappa shape index (κ1) is 92.5. The fraction of sp³-hybridized carbons (Fsp3) is 0.0505. The first-order valence-electron chi connectivity index (χ1n) is 39.9. The van der Waals surface area contributed by atoms with E-state index in [2.05, 4.69) is 92.4 Å². The molecule has 16 rings (SSSR count). The van der Waals surface area contributed by atoms with Gasteiger partial charge in [-0.15, -0.1) is 0 Å². The van der Waals surface area contributed by atoms with Crippen molar-refractivity contribution >= 4 is 134 Å². The summed E-state index contributed by atoms with van der Waals surface area (Å²) < 4.78 is 4.99. The SMILES string of the molecule is COc1ccc(NC(=O)c2ccc(C(=O)Nc3ccc(Cl)c(-c4ccccn4)c3)cn2)cn1.Cc1cccc(CNC(=O)c2ccc(C(=O)Nc3ccc(Cl)c(-c4ccccn4)c3)c(Cl)c2)n1.O=C(Nc1ccc(Cl)c(-c2ccccn2)c1)c1ccc(C(=O)NCc2ccccc2)nc1.O=C(Nc1ccc(Cl)c(-c2ccccn2)c1)c1ccc(C(=O)NCc2ccccn2)nc1. The molecule has 131 heavy (non-hydrogen) atoms. The largest absolute Gasteiger partial charge is 0.481 e. The molecule has 32 heteroatoms. The van der Waals surface area contributed by atoms with E-state index in [0.717, 1.165) is 22.6 Å². The third-order valence-electron chi connectivity index (χ3n) is 18.9. The summed E-state index contributed by atoms with van der Waals surface area (Å²) in [6.45, 7) is 2.87. The topological polar surface area (TPSA) is 371 Å². The summed E-state index contributed by atoms with van der Waals surface area (Å²) in [5, 5.41) is 24.6. The minimum absolute atomic E-state index is 0.159. The van der Waals surface area contributed by atoms with Crippen molar-refractivity contribution in [2.45, 2.75) is 26.6 Å². The summed E-state index contributed by atoms with van der Waals surface area (Å²) in [4.78, 5) is 142. The Kier molecular flexibility index (Phi) is 32.4. The Morgan fingerprint density at radius 1 is 0.282 bits per heavy atom. The van der Waals surface area contributed by atoms with E-state index in [-0.39, 0.29) is 69.7 Å². The highest BCUT2D eigenvalue weighted by Crippen LogP contribution is 2.35. The second kappa shape index (κ2) is 45.8. The van der Waals surface area contributed by atoms with Crippen LogP contribution in [0.1, 0.15) is 106 Å². The van der Waals surface area contributed by atoms with E-state index in [4.69, 9.17) is 62.7 Å². The van der Waals surface area contributed by atoms with Gasteiger partial charge in [0.25, 0.3) is 47.3 Å². The van der Waals surface area contributed by atoms with Gasteiger partial charge in [0.15, 0.2) is 0 Å². The molecule has 650 valence electrons. The molecule has 6 aromatic carbocycles. The van der Waals surface area contributed by atoms with Gasteiger partial charge in [-0.2, -0.15) is 0 Å². The number of nitrogens with one attached hydrogen (secondary N) is 8. The van der Waals surface area contributed by atoms with E-state index in [9.17, 15) is 38.4 Å². The number of amides is 8. The van der Waals surface area contributed by atoms with Crippen LogP contribution in [0.15, 0.2) is 335 Å². The molecule has 0 aliphatic rings. The van der Waals surface area contributed by atoms with Gasteiger partial charge in [-0.1, -0.05) is 125 Å². The second-order valence-electron chi connectivity index (χ2n) is 28.1. The molecule has 27 nitrogen and oxygen atoms in total.